The van der Waals surface area contributed by atoms with E-state index in [9.17, 15) is 13.2 Å². The summed E-state index contributed by atoms with van der Waals surface area (Å²) < 4.78 is 44.6. The molecule has 0 radical (unpaired) electrons. The molecule has 1 N–H and O–H groups in total. The molecule has 1 aromatic heterocycles. The number of benzene rings is 2. The van der Waals surface area contributed by atoms with Crippen molar-refractivity contribution >= 4 is 5.69 Å². The molecule has 4 rings (SSSR count). The summed E-state index contributed by atoms with van der Waals surface area (Å²) in [7, 11) is 0. The van der Waals surface area contributed by atoms with Gasteiger partial charge in [0.2, 0.25) is 0 Å². The summed E-state index contributed by atoms with van der Waals surface area (Å²) in [6.45, 7) is 3.70. The largest absolute Gasteiger partial charge is 0.435 e. The molecule has 0 aliphatic carbocycles. The predicted molar refractivity (Wildman–Crippen MR) is 100.0 cm³/mol. The lowest BCUT2D eigenvalue weighted by Crippen LogP contribution is -3.13. The summed E-state index contributed by atoms with van der Waals surface area (Å²) >= 11 is 0. The van der Waals surface area contributed by atoms with E-state index in [2.05, 4.69) is 4.98 Å². The Hall–Kier alpha value is -2.80. The second-order valence-corrected chi connectivity index (χ2v) is 6.95. The van der Waals surface area contributed by atoms with Gasteiger partial charge < -0.3 is 14.2 Å². The van der Waals surface area contributed by atoms with Crippen LogP contribution in [-0.2, 0) is 12.7 Å². The maximum Gasteiger partial charge on any atom is 0.416 e. The van der Waals surface area contributed by atoms with E-state index in [1.54, 1.807) is 12.3 Å². The molecular weight excluding hydrogens is 367 g/mol. The SMILES string of the molecule is FC(F)(F)c1cccc(N2CC[NH+](Cc3ncc(-c4ccccc4)o3)CC2)c1. The highest BCUT2D eigenvalue weighted by Gasteiger charge is 2.31. The monoisotopic (exact) mass is 388 g/mol. The van der Waals surface area contributed by atoms with Gasteiger partial charge in [-0.3, -0.25) is 0 Å². The lowest BCUT2D eigenvalue weighted by molar-refractivity contribution is -0.915. The minimum absolute atomic E-state index is 0.604. The Morgan fingerprint density at radius 3 is 2.46 bits per heavy atom. The summed E-state index contributed by atoms with van der Waals surface area (Å²) in [5, 5.41) is 0. The number of quaternary nitrogens is 1. The number of hydrogen-bond donors (Lipinski definition) is 1. The van der Waals surface area contributed by atoms with Crippen molar-refractivity contribution in [3.63, 3.8) is 0 Å². The van der Waals surface area contributed by atoms with E-state index < -0.39 is 11.7 Å². The van der Waals surface area contributed by atoms with Gasteiger partial charge in [0.25, 0.3) is 5.89 Å². The number of alkyl halides is 3. The van der Waals surface area contributed by atoms with Gasteiger partial charge in [0, 0.05) is 11.3 Å². The van der Waals surface area contributed by atoms with E-state index in [1.165, 1.54) is 17.0 Å². The fourth-order valence-corrected chi connectivity index (χ4v) is 3.48. The maximum absolute atomic E-state index is 12.9. The van der Waals surface area contributed by atoms with E-state index in [4.69, 9.17) is 4.42 Å². The maximum atomic E-state index is 12.9. The van der Waals surface area contributed by atoms with Crippen molar-refractivity contribution in [2.75, 3.05) is 31.1 Å². The number of anilines is 1. The summed E-state index contributed by atoms with van der Waals surface area (Å²) in [5.41, 5.74) is 1.01. The van der Waals surface area contributed by atoms with Gasteiger partial charge in [-0.25, -0.2) is 4.98 Å². The van der Waals surface area contributed by atoms with E-state index >= 15 is 0 Å². The van der Waals surface area contributed by atoms with Crippen LogP contribution >= 0.6 is 0 Å². The first-order valence-electron chi connectivity index (χ1n) is 9.25. The Morgan fingerprint density at radius 1 is 1.00 bits per heavy atom. The van der Waals surface area contributed by atoms with Crippen LogP contribution in [-0.4, -0.2) is 31.2 Å². The number of piperazine rings is 1. The third kappa shape index (κ3) is 4.20. The number of nitrogens with one attached hydrogen (secondary N) is 1. The molecule has 1 fully saturated rings. The van der Waals surface area contributed by atoms with Crippen molar-refractivity contribution in [3.05, 3.63) is 72.2 Å². The first kappa shape index (κ1) is 18.6. The van der Waals surface area contributed by atoms with Crippen LogP contribution < -0.4 is 9.80 Å². The minimum Gasteiger partial charge on any atom is -0.435 e. The number of aromatic nitrogens is 1. The van der Waals surface area contributed by atoms with Gasteiger partial charge in [0.1, 0.15) is 0 Å². The highest BCUT2D eigenvalue weighted by atomic mass is 19.4. The normalized spacial score (nSPS) is 15.8. The molecule has 0 bridgehead atoms. The van der Waals surface area contributed by atoms with Gasteiger partial charge in [0.05, 0.1) is 37.9 Å². The third-order valence-electron chi connectivity index (χ3n) is 5.02. The fourth-order valence-electron chi connectivity index (χ4n) is 3.48. The standard InChI is InChI=1S/C21H20F3N3O/c22-21(23,24)17-7-4-8-18(13-17)27-11-9-26(10-12-27)15-20-25-14-19(28-20)16-5-2-1-3-6-16/h1-8,13-14H,9-12,15H2/p+1. The quantitative estimate of drug-likeness (QED) is 0.745. The summed E-state index contributed by atoms with van der Waals surface area (Å²) in [4.78, 5) is 7.69. The van der Waals surface area contributed by atoms with E-state index in [1.807, 2.05) is 35.2 Å². The molecule has 4 nitrogen and oxygen atoms in total. The van der Waals surface area contributed by atoms with Crippen LogP contribution in [0.15, 0.2) is 65.2 Å². The smallest absolute Gasteiger partial charge is 0.416 e. The van der Waals surface area contributed by atoms with Gasteiger partial charge in [-0.1, -0.05) is 36.4 Å². The molecule has 2 heterocycles. The van der Waals surface area contributed by atoms with Crippen molar-refractivity contribution in [3.8, 4) is 11.3 Å². The summed E-state index contributed by atoms with van der Waals surface area (Å²) in [5.74, 6) is 1.43. The van der Waals surface area contributed by atoms with Crippen molar-refractivity contribution in [1.82, 2.24) is 4.98 Å². The molecule has 0 atom stereocenters. The Bertz CT molecular complexity index is 916. The molecule has 7 heteroatoms. The number of nitrogens with zero attached hydrogens (tertiary/aromatic N) is 2. The molecule has 146 valence electrons. The molecule has 0 unspecified atom stereocenters. The van der Waals surface area contributed by atoms with E-state index in [-0.39, 0.29) is 0 Å². The zero-order valence-corrected chi connectivity index (χ0v) is 15.2. The first-order chi connectivity index (χ1) is 13.5. The topological polar surface area (TPSA) is 33.7 Å². The van der Waals surface area contributed by atoms with Crippen LogP contribution in [0.1, 0.15) is 11.5 Å². The molecule has 1 aliphatic heterocycles. The highest BCUT2D eigenvalue weighted by molar-refractivity contribution is 5.55. The zero-order chi connectivity index (χ0) is 19.6. The van der Waals surface area contributed by atoms with Crippen LogP contribution in [0.2, 0.25) is 0 Å². The average molecular weight is 388 g/mol. The second kappa shape index (κ2) is 7.67. The summed E-state index contributed by atoms with van der Waals surface area (Å²) in [6.07, 6.45) is -2.58. The van der Waals surface area contributed by atoms with Crippen molar-refractivity contribution in [2.24, 2.45) is 0 Å². The Kier molecular flexibility index (Phi) is 5.09. The van der Waals surface area contributed by atoms with Crippen LogP contribution in [0.4, 0.5) is 18.9 Å². The average Bonchev–Trinajstić information content (AvgIpc) is 3.17. The number of oxazole rings is 1. The van der Waals surface area contributed by atoms with Crippen molar-refractivity contribution in [1.29, 1.82) is 0 Å². The molecule has 0 amide bonds. The lowest BCUT2D eigenvalue weighted by atomic mass is 10.1. The minimum atomic E-state index is -4.31. The fraction of sp³-hybridized carbons (Fsp3) is 0.286. The first-order valence-corrected chi connectivity index (χ1v) is 9.25. The molecule has 0 saturated carbocycles. The van der Waals surface area contributed by atoms with Crippen LogP contribution in [0.3, 0.4) is 0 Å². The lowest BCUT2D eigenvalue weighted by Gasteiger charge is -2.33. The van der Waals surface area contributed by atoms with Gasteiger partial charge in [-0.15, -0.1) is 0 Å². The number of hydrogen-bond acceptors (Lipinski definition) is 3. The molecule has 0 spiro atoms. The van der Waals surface area contributed by atoms with E-state index in [0.29, 0.717) is 31.2 Å². The van der Waals surface area contributed by atoms with Crippen molar-refractivity contribution in [2.45, 2.75) is 12.7 Å². The molecule has 2 aromatic carbocycles. The number of halogens is 3. The van der Waals surface area contributed by atoms with Gasteiger partial charge in [-0.2, -0.15) is 13.2 Å². The van der Waals surface area contributed by atoms with Crippen molar-refractivity contribution < 1.29 is 22.5 Å². The Morgan fingerprint density at radius 2 is 1.75 bits per heavy atom. The predicted octanol–water partition coefficient (Wildman–Crippen LogP) is 3.27. The molecule has 28 heavy (non-hydrogen) atoms. The molecule has 3 aromatic rings. The van der Waals surface area contributed by atoms with Gasteiger partial charge in [0.15, 0.2) is 12.3 Å². The summed E-state index contributed by atoms with van der Waals surface area (Å²) in [6, 6.07) is 15.4. The van der Waals surface area contributed by atoms with Crippen LogP contribution in [0, 0.1) is 0 Å². The van der Waals surface area contributed by atoms with Crippen LogP contribution in [0.25, 0.3) is 11.3 Å². The van der Waals surface area contributed by atoms with Gasteiger partial charge >= 0.3 is 6.18 Å². The Balaban J connectivity index is 1.36. The zero-order valence-electron chi connectivity index (χ0n) is 15.2. The van der Waals surface area contributed by atoms with E-state index in [0.717, 1.165) is 30.5 Å². The third-order valence-corrected chi connectivity index (χ3v) is 5.02. The molecular formula is C21H21F3N3O+. The second-order valence-electron chi connectivity index (χ2n) is 6.95. The Labute approximate surface area is 161 Å². The molecule has 1 saturated heterocycles. The number of rotatable bonds is 4. The molecule has 1 aliphatic rings. The highest BCUT2D eigenvalue weighted by Crippen LogP contribution is 2.31. The van der Waals surface area contributed by atoms with Crippen LogP contribution in [0.5, 0.6) is 0 Å². The van der Waals surface area contributed by atoms with Gasteiger partial charge in [-0.05, 0) is 18.2 Å².